The predicted molar refractivity (Wildman–Crippen MR) is 157 cm³/mol. The molecule has 41 heavy (non-hydrogen) atoms. The number of hydrogen-bond donors (Lipinski definition) is 4. The molecule has 1 amide bonds. The number of fused-ring (bicyclic) bond motifs is 6. The van der Waals surface area contributed by atoms with Gasteiger partial charge in [-0.05, 0) is 92.4 Å². The van der Waals surface area contributed by atoms with Crippen molar-refractivity contribution < 1.29 is 24.6 Å². The number of amides is 1. The lowest BCUT2D eigenvalue weighted by Crippen LogP contribution is -2.53. The Hall–Kier alpha value is -3.39. The van der Waals surface area contributed by atoms with Gasteiger partial charge in [0, 0.05) is 28.9 Å². The first-order valence-electron chi connectivity index (χ1n) is 14.9. The smallest absolute Gasteiger partial charge is 0.326 e. The molecule has 0 saturated heterocycles. The zero-order valence-electron chi connectivity index (χ0n) is 24.2. The number of aliphatic hydroxyl groups is 1. The first-order valence-corrected chi connectivity index (χ1v) is 14.9. The van der Waals surface area contributed by atoms with Crippen LogP contribution in [0, 0.1) is 28.6 Å². The summed E-state index contributed by atoms with van der Waals surface area (Å²) in [5.41, 5.74) is 3.16. The number of aromatic amines is 1. The maximum atomic E-state index is 12.6. The largest absolute Gasteiger partial charge is 0.480 e. The second-order valence-electron chi connectivity index (χ2n) is 13.3. The molecule has 0 radical (unpaired) electrons. The van der Waals surface area contributed by atoms with E-state index < -0.39 is 23.5 Å². The van der Waals surface area contributed by atoms with Crippen LogP contribution in [0.3, 0.4) is 0 Å². The number of carboxylic acids is 1. The summed E-state index contributed by atoms with van der Waals surface area (Å²) in [6.07, 6.45) is 14.6. The number of H-pyrrole nitrogens is 1. The number of nitrogens with zero attached hydrogens (tertiary/aromatic N) is 1. The van der Waals surface area contributed by atoms with Gasteiger partial charge in [-0.15, -0.1) is 0 Å². The van der Waals surface area contributed by atoms with Crippen LogP contribution in [0.1, 0.15) is 64.9 Å². The number of para-hydroxylation sites is 1. The highest BCUT2D eigenvalue weighted by Crippen LogP contribution is 2.66. The van der Waals surface area contributed by atoms with Crippen LogP contribution >= 0.6 is 0 Å². The van der Waals surface area contributed by atoms with Crippen LogP contribution in [0.15, 0.2) is 59.4 Å². The Bertz CT molecular complexity index is 1450. The fourth-order valence-corrected chi connectivity index (χ4v) is 8.63. The summed E-state index contributed by atoms with van der Waals surface area (Å²) in [5.74, 6) is 0.0834. The van der Waals surface area contributed by atoms with Crippen LogP contribution in [0.4, 0.5) is 0 Å². The number of rotatable bonds is 7. The van der Waals surface area contributed by atoms with Crippen molar-refractivity contribution in [2.24, 2.45) is 33.7 Å². The highest BCUT2D eigenvalue weighted by atomic mass is 16.6. The van der Waals surface area contributed by atoms with Crippen molar-refractivity contribution in [2.75, 3.05) is 6.61 Å². The third-order valence-electron chi connectivity index (χ3n) is 11.2. The highest BCUT2D eigenvalue weighted by molar-refractivity contribution is 6.05. The Morgan fingerprint density at radius 2 is 1.93 bits per heavy atom. The lowest BCUT2D eigenvalue weighted by Gasteiger charge is -2.58. The Labute approximate surface area is 240 Å². The van der Waals surface area contributed by atoms with Gasteiger partial charge in [-0.1, -0.05) is 48.9 Å². The molecule has 218 valence electrons. The molecule has 4 aliphatic rings. The number of hydrogen-bond acceptors (Lipinski definition) is 5. The van der Waals surface area contributed by atoms with E-state index in [4.69, 9.17) is 4.84 Å². The zero-order valence-corrected chi connectivity index (χ0v) is 24.2. The molecule has 7 atom stereocenters. The molecular weight excluding hydrogens is 518 g/mol. The fourth-order valence-electron chi connectivity index (χ4n) is 8.63. The van der Waals surface area contributed by atoms with Crippen molar-refractivity contribution in [3.63, 3.8) is 0 Å². The summed E-state index contributed by atoms with van der Waals surface area (Å²) in [4.78, 5) is 33.0. The second kappa shape index (κ2) is 10.2. The topological polar surface area (TPSA) is 124 Å². The summed E-state index contributed by atoms with van der Waals surface area (Å²) < 4.78 is 0. The molecule has 8 heteroatoms. The van der Waals surface area contributed by atoms with E-state index in [9.17, 15) is 19.8 Å². The third-order valence-corrected chi connectivity index (χ3v) is 11.2. The van der Waals surface area contributed by atoms with Gasteiger partial charge < -0.3 is 25.4 Å². The molecule has 6 rings (SSSR count). The van der Waals surface area contributed by atoms with Crippen molar-refractivity contribution >= 4 is 28.5 Å². The normalized spacial score (nSPS) is 35.8. The molecule has 0 unspecified atom stereocenters. The minimum Gasteiger partial charge on any atom is -0.480 e. The van der Waals surface area contributed by atoms with Gasteiger partial charge in [0.25, 0.3) is 5.91 Å². The SMILES string of the molecule is C[C@]12C=C/C(=N/OCC(=O)N[C@H](Cc3c[nH]c4ccccc34)C(=O)O)C=C1CC[C@H]1[C@H]3CC[C@](C)(O)[C@@]3(C)CC[C@@H]12. The van der Waals surface area contributed by atoms with Gasteiger partial charge in [0.05, 0.1) is 5.60 Å². The number of carbonyl (C=O) groups is 2. The number of benzene rings is 1. The van der Waals surface area contributed by atoms with E-state index in [0.29, 0.717) is 23.5 Å². The van der Waals surface area contributed by atoms with Gasteiger partial charge in [0.15, 0.2) is 6.61 Å². The van der Waals surface area contributed by atoms with Crippen molar-refractivity contribution in [1.82, 2.24) is 10.3 Å². The highest BCUT2D eigenvalue weighted by Gasteiger charge is 2.62. The summed E-state index contributed by atoms with van der Waals surface area (Å²) in [6.45, 7) is 6.33. The van der Waals surface area contributed by atoms with E-state index in [1.165, 1.54) is 5.57 Å². The third kappa shape index (κ3) is 4.70. The Morgan fingerprint density at radius 1 is 1.15 bits per heavy atom. The number of nitrogens with one attached hydrogen (secondary N) is 2. The molecule has 4 aliphatic carbocycles. The summed E-state index contributed by atoms with van der Waals surface area (Å²) in [5, 5.41) is 28.6. The van der Waals surface area contributed by atoms with Gasteiger partial charge in [-0.3, -0.25) is 4.79 Å². The van der Waals surface area contributed by atoms with Gasteiger partial charge in [-0.2, -0.15) is 0 Å². The standard InChI is InChI=1S/C33H41N3O5/c1-31-13-10-22(17-21(31)8-9-24-25(31)11-14-32(2)26(24)12-15-33(32,3)40)36-41-19-29(37)35-28(30(38)39)16-20-18-34-27-7-5-4-6-23(20)27/h4-7,10,13,17-18,24-26,28,34,40H,8-9,11-12,14-16,19H2,1-3H3,(H,35,37)(H,38,39)/b36-22-/t24-,25+,26-,28-,31+,32+,33+/m1/s1. The molecule has 0 bridgehead atoms. The molecule has 0 aliphatic heterocycles. The predicted octanol–water partition coefficient (Wildman–Crippen LogP) is 5.14. The first-order chi connectivity index (χ1) is 19.5. The molecule has 1 aromatic heterocycles. The molecule has 1 aromatic carbocycles. The lowest BCUT2D eigenvalue weighted by molar-refractivity contribution is -0.142. The molecule has 8 nitrogen and oxygen atoms in total. The van der Waals surface area contributed by atoms with E-state index in [-0.39, 0.29) is 23.9 Å². The van der Waals surface area contributed by atoms with Crippen LogP contribution in [-0.2, 0) is 20.8 Å². The average Bonchev–Trinajstić information content (AvgIpc) is 3.45. The maximum Gasteiger partial charge on any atom is 0.326 e. The van der Waals surface area contributed by atoms with E-state index in [1.54, 1.807) is 6.20 Å². The maximum absolute atomic E-state index is 12.6. The minimum absolute atomic E-state index is 0.000224. The average molecular weight is 560 g/mol. The Balaban J connectivity index is 1.07. The van der Waals surface area contributed by atoms with Crippen LogP contribution in [0.25, 0.3) is 10.9 Å². The van der Waals surface area contributed by atoms with Crippen molar-refractivity contribution in [2.45, 2.75) is 77.4 Å². The van der Waals surface area contributed by atoms with E-state index in [2.05, 4.69) is 41.5 Å². The summed E-state index contributed by atoms with van der Waals surface area (Å²) in [6, 6.07) is 6.58. The Morgan fingerprint density at radius 3 is 2.73 bits per heavy atom. The number of oxime groups is 1. The summed E-state index contributed by atoms with van der Waals surface area (Å²) >= 11 is 0. The quantitative estimate of drug-likeness (QED) is 0.350. The molecule has 4 N–H and O–H groups in total. The van der Waals surface area contributed by atoms with Gasteiger partial charge >= 0.3 is 5.97 Å². The molecule has 0 spiro atoms. The first kappa shape index (κ1) is 27.8. The number of aliphatic carboxylic acids is 1. The van der Waals surface area contributed by atoms with Crippen LogP contribution in [0.5, 0.6) is 0 Å². The van der Waals surface area contributed by atoms with E-state index in [0.717, 1.165) is 55.0 Å². The number of aromatic nitrogens is 1. The van der Waals surface area contributed by atoms with Crippen molar-refractivity contribution in [3.05, 3.63) is 59.8 Å². The molecule has 3 fully saturated rings. The monoisotopic (exact) mass is 559 g/mol. The molecular formula is C33H41N3O5. The van der Waals surface area contributed by atoms with E-state index >= 15 is 0 Å². The van der Waals surface area contributed by atoms with Gasteiger partial charge in [-0.25, -0.2) is 4.79 Å². The van der Waals surface area contributed by atoms with Gasteiger partial charge in [0.1, 0.15) is 11.8 Å². The Kier molecular flexibility index (Phi) is 6.88. The van der Waals surface area contributed by atoms with Crippen molar-refractivity contribution in [3.8, 4) is 0 Å². The summed E-state index contributed by atoms with van der Waals surface area (Å²) in [7, 11) is 0. The zero-order chi connectivity index (χ0) is 29.0. The van der Waals surface area contributed by atoms with Crippen LogP contribution < -0.4 is 5.32 Å². The molecule has 3 saturated carbocycles. The van der Waals surface area contributed by atoms with Gasteiger partial charge in [0.2, 0.25) is 0 Å². The second-order valence-corrected chi connectivity index (χ2v) is 13.3. The fraction of sp³-hybridized carbons (Fsp3) is 0.545. The lowest BCUT2D eigenvalue weighted by atomic mass is 9.47. The number of carbonyl (C=O) groups excluding carboxylic acids is 1. The number of carboxylic acid groups (broad SMARTS) is 1. The van der Waals surface area contributed by atoms with Crippen LogP contribution in [-0.4, -0.2) is 51.0 Å². The minimum atomic E-state index is -1.10. The van der Waals surface area contributed by atoms with E-state index in [1.807, 2.05) is 37.3 Å². The van der Waals surface area contributed by atoms with Crippen molar-refractivity contribution in [1.29, 1.82) is 0 Å². The number of allylic oxidation sites excluding steroid dienone is 4. The molecule has 1 heterocycles. The van der Waals surface area contributed by atoms with Crippen LogP contribution in [0.2, 0.25) is 0 Å². The molecule has 2 aromatic rings.